The lowest BCUT2D eigenvalue weighted by atomic mass is 9.99. The lowest BCUT2D eigenvalue weighted by Gasteiger charge is -2.42. The van der Waals surface area contributed by atoms with Gasteiger partial charge in [-0.05, 0) is 32.9 Å². The largest absolute Gasteiger partial charge is 0.377 e. The Morgan fingerprint density at radius 2 is 2.20 bits per heavy atom. The number of nitrogens with one attached hydrogen (secondary N) is 1. The number of anilines is 2. The van der Waals surface area contributed by atoms with E-state index in [1.165, 1.54) is 0 Å². The van der Waals surface area contributed by atoms with Crippen LogP contribution in [0, 0.1) is 0 Å². The Bertz CT molecular complexity index is 374. The minimum atomic E-state index is 0.105. The van der Waals surface area contributed by atoms with E-state index >= 15 is 0 Å². The van der Waals surface area contributed by atoms with Gasteiger partial charge in [0.05, 0.1) is 16.4 Å². The van der Waals surface area contributed by atoms with Crippen LogP contribution < -0.4 is 10.2 Å². The summed E-state index contributed by atoms with van der Waals surface area (Å²) in [4.78, 5) is 2.33. The molecule has 0 aliphatic carbocycles. The van der Waals surface area contributed by atoms with Crippen molar-refractivity contribution in [2.45, 2.75) is 26.3 Å². The van der Waals surface area contributed by atoms with Gasteiger partial charge in [-0.15, -0.1) is 0 Å². The van der Waals surface area contributed by atoms with E-state index in [1.807, 2.05) is 12.1 Å². The van der Waals surface area contributed by atoms with Crippen LogP contribution in [-0.4, -0.2) is 18.6 Å². The van der Waals surface area contributed by atoms with E-state index in [-0.39, 0.29) is 5.54 Å². The number of para-hydroxylation sites is 1. The third-order valence-corrected chi connectivity index (χ3v) is 3.05. The second-order valence-corrected chi connectivity index (χ2v) is 5.07. The molecule has 2 nitrogen and oxygen atoms in total. The van der Waals surface area contributed by atoms with Gasteiger partial charge < -0.3 is 10.2 Å². The molecule has 1 heterocycles. The van der Waals surface area contributed by atoms with E-state index in [1.54, 1.807) is 0 Å². The van der Waals surface area contributed by atoms with Gasteiger partial charge in [-0.1, -0.05) is 17.7 Å². The summed E-state index contributed by atoms with van der Waals surface area (Å²) in [5, 5.41) is 4.35. The normalized spacial score (nSPS) is 18.3. The van der Waals surface area contributed by atoms with Crippen LogP contribution in [0.15, 0.2) is 18.2 Å². The monoisotopic (exact) mass is 224 g/mol. The summed E-state index contributed by atoms with van der Waals surface area (Å²) in [6.07, 6.45) is 0. The van der Waals surface area contributed by atoms with E-state index in [4.69, 9.17) is 11.6 Å². The number of nitrogens with zero attached hydrogens (tertiary/aromatic N) is 1. The molecule has 1 N–H and O–H groups in total. The maximum absolute atomic E-state index is 6.23. The fraction of sp³-hybridized carbons (Fsp3) is 0.500. The minimum absolute atomic E-state index is 0.105. The van der Waals surface area contributed by atoms with E-state index in [9.17, 15) is 0 Å². The Hall–Kier alpha value is -0.890. The Balaban J connectivity index is 2.49. The minimum Gasteiger partial charge on any atom is -0.377 e. The Morgan fingerprint density at radius 1 is 1.47 bits per heavy atom. The summed E-state index contributed by atoms with van der Waals surface area (Å²) >= 11 is 6.23. The summed E-state index contributed by atoms with van der Waals surface area (Å²) in [6, 6.07) is 6.03. The molecule has 1 aromatic carbocycles. The van der Waals surface area contributed by atoms with Gasteiger partial charge in [-0.2, -0.15) is 0 Å². The topological polar surface area (TPSA) is 15.3 Å². The molecule has 1 aliphatic heterocycles. The number of hydrogen-bond acceptors (Lipinski definition) is 2. The average Bonchev–Trinajstić information content (AvgIpc) is 2.15. The average molecular weight is 225 g/mol. The molecule has 2 rings (SSSR count). The van der Waals surface area contributed by atoms with E-state index in [2.05, 4.69) is 37.1 Å². The summed E-state index contributed by atoms with van der Waals surface area (Å²) < 4.78 is 0. The standard InChI is InChI=1S/C12H17ClN2/c1-4-15-8-12(2,3)14-10-7-5-6-9(13)11(10)15/h5-7,14H,4,8H2,1-3H3. The van der Waals surface area contributed by atoms with Gasteiger partial charge in [0.15, 0.2) is 0 Å². The van der Waals surface area contributed by atoms with Crippen molar-refractivity contribution in [2.24, 2.45) is 0 Å². The quantitative estimate of drug-likeness (QED) is 0.787. The summed E-state index contributed by atoms with van der Waals surface area (Å²) in [5.74, 6) is 0. The predicted octanol–water partition coefficient (Wildman–Crippen LogP) is 3.37. The molecule has 0 fully saturated rings. The zero-order chi connectivity index (χ0) is 11.1. The molecule has 1 aliphatic rings. The van der Waals surface area contributed by atoms with Crippen LogP contribution in [0.3, 0.4) is 0 Å². The summed E-state index contributed by atoms with van der Waals surface area (Å²) in [7, 11) is 0. The van der Waals surface area contributed by atoms with Gasteiger partial charge in [0.1, 0.15) is 0 Å². The maximum Gasteiger partial charge on any atom is 0.0792 e. The first-order valence-electron chi connectivity index (χ1n) is 5.35. The fourth-order valence-corrected chi connectivity index (χ4v) is 2.46. The number of fused-ring (bicyclic) bond motifs is 1. The van der Waals surface area contributed by atoms with Crippen molar-refractivity contribution in [2.75, 3.05) is 23.3 Å². The van der Waals surface area contributed by atoms with Gasteiger partial charge >= 0.3 is 0 Å². The molecule has 15 heavy (non-hydrogen) atoms. The van der Waals surface area contributed by atoms with Crippen LogP contribution in [0.4, 0.5) is 11.4 Å². The van der Waals surface area contributed by atoms with Crippen molar-refractivity contribution in [3.05, 3.63) is 23.2 Å². The first kappa shape index (κ1) is 10.6. The number of hydrogen-bond donors (Lipinski definition) is 1. The molecule has 1 aromatic rings. The molecule has 82 valence electrons. The van der Waals surface area contributed by atoms with Gasteiger partial charge in [-0.3, -0.25) is 0 Å². The molecule has 0 atom stereocenters. The van der Waals surface area contributed by atoms with E-state index in [0.717, 1.165) is 29.5 Å². The zero-order valence-corrected chi connectivity index (χ0v) is 10.2. The highest BCUT2D eigenvalue weighted by Crippen LogP contribution is 2.39. The van der Waals surface area contributed by atoms with Crippen molar-refractivity contribution in [1.29, 1.82) is 0 Å². The third-order valence-electron chi connectivity index (χ3n) is 2.74. The fourth-order valence-electron chi connectivity index (χ4n) is 2.17. The predicted molar refractivity (Wildman–Crippen MR) is 67.0 cm³/mol. The van der Waals surface area contributed by atoms with Crippen molar-refractivity contribution >= 4 is 23.0 Å². The number of benzene rings is 1. The number of halogens is 1. The Labute approximate surface area is 96.2 Å². The lowest BCUT2D eigenvalue weighted by molar-refractivity contribution is 0.537. The Kier molecular flexibility index (Phi) is 2.55. The molecular formula is C12H17ClN2. The van der Waals surface area contributed by atoms with Crippen LogP contribution in [0.2, 0.25) is 5.02 Å². The van der Waals surface area contributed by atoms with E-state index in [0.29, 0.717) is 0 Å². The second kappa shape index (κ2) is 3.60. The van der Waals surface area contributed by atoms with Crippen molar-refractivity contribution in [3.8, 4) is 0 Å². The molecule has 0 saturated heterocycles. The molecule has 0 unspecified atom stereocenters. The SMILES string of the molecule is CCN1CC(C)(C)Nc2cccc(Cl)c21. The summed E-state index contributed by atoms with van der Waals surface area (Å²) in [5.41, 5.74) is 2.38. The van der Waals surface area contributed by atoms with Crippen LogP contribution in [0.1, 0.15) is 20.8 Å². The number of rotatable bonds is 1. The first-order chi connectivity index (χ1) is 7.03. The summed E-state index contributed by atoms with van der Waals surface area (Å²) in [6.45, 7) is 8.55. The van der Waals surface area contributed by atoms with E-state index < -0.39 is 0 Å². The highest BCUT2D eigenvalue weighted by atomic mass is 35.5. The van der Waals surface area contributed by atoms with Crippen molar-refractivity contribution in [3.63, 3.8) is 0 Å². The lowest BCUT2D eigenvalue weighted by Crippen LogP contribution is -2.48. The van der Waals surface area contributed by atoms with Gasteiger partial charge in [-0.25, -0.2) is 0 Å². The van der Waals surface area contributed by atoms with Crippen molar-refractivity contribution in [1.82, 2.24) is 0 Å². The van der Waals surface area contributed by atoms with Crippen LogP contribution >= 0.6 is 11.6 Å². The van der Waals surface area contributed by atoms with Crippen molar-refractivity contribution < 1.29 is 0 Å². The van der Waals surface area contributed by atoms with Crippen LogP contribution in [-0.2, 0) is 0 Å². The number of likely N-dealkylation sites (N-methyl/N-ethyl adjacent to an activating group) is 1. The third kappa shape index (κ3) is 1.91. The Morgan fingerprint density at radius 3 is 2.87 bits per heavy atom. The molecule has 0 bridgehead atoms. The highest BCUT2D eigenvalue weighted by molar-refractivity contribution is 6.34. The molecular weight excluding hydrogens is 208 g/mol. The van der Waals surface area contributed by atoms with Gasteiger partial charge in [0, 0.05) is 18.6 Å². The molecule has 0 amide bonds. The second-order valence-electron chi connectivity index (χ2n) is 4.66. The first-order valence-corrected chi connectivity index (χ1v) is 5.73. The van der Waals surface area contributed by atoms with Crippen LogP contribution in [0.25, 0.3) is 0 Å². The molecule has 0 aromatic heterocycles. The smallest absolute Gasteiger partial charge is 0.0792 e. The zero-order valence-electron chi connectivity index (χ0n) is 9.47. The molecule has 0 spiro atoms. The van der Waals surface area contributed by atoms with Gasteiger partial charge in [0.2, 0.25) is 0 Å². The molecule has 3 heteroatoms. The molecule has 0 radical (unpaired) electrons. The maximum atomic E-state index is 6.23. The van der Waals surface area contributed by atoms with Gasteiger partial charge in [0.25, 0.3) is 0 Å². The van der Waals surface area contributed by atoms with Crippen LogP contribution in [0.5, 0.6) is 0 Å². The molecule has 0 saturated carbocycles. The highest BCUT2D eigenvalue weighted by Gasteiger charge is 2.29.